The summed E-state index contributed by atoms with van der Waals surface area (Å²) in [7, 11) is 0. The van der Waals surface area contributed by atoms with Gasteiger partial charge in [0.25, 0.3) is 0 Å². The number of pyridine rings is 1. The van der Waals surface area contributed by atoms with Crippen LogP contribution in [0.4, 0.5) is 0 Å². The van der Waals surface area contributed by atoms with E-state index in [1.54, 1.807) is 24.5 Å². The van der Waals surface area contributed by atoms with Gasteiger partial charge in [0.1, 0.15) is 0 Å². The van der Waals surface area contributed by atoms with Gasteiger partial charge in [-0.25, -0.2) is 0 Å². The standard InChI is InChI=1S/C28H26ClN5O2S/c1-17-10-24(35)34(27(17)36)14-20-13-23-26(37-20)21(2-6-32-23)22-12-19(29)11-18-3-9-33(25(18)22)16-28(15-30)4-7-31-8-5-28/h2-3,6,9,11-13,17,31H,4-5,7-8,10,14,16H2,1H3/t17-/m1/s1. The molecule has 0 spiro atoms. The predicted molar refractivity (Wildman–Crippen MR) is 145 cm³/mol. The molecule has 2 saturated heterocycles. The van der Waals surface area contributed by atoms with Crippen LogP contribution in [0.5, 0.6) is 0 Å². The lowest BCUT2D eigenvalue weighted by Crippen LogP contribution is -2.38. The first kappa shape index (κ1) is 24.1. The quantitative estimate of drug-likeness (QED) is 0.350. The van der Waals surface area contributed by atoms with Crippen molar-refractivity contribution < 1.29 is 9.59 Å². The van der Waals surface area contributed by atoms with E-state index in [1.807, 2.05) is 24.3 Å². The van der Waals surface area contributed by atoms with Gasteiger partial charge < -0.3 is 9.88 Å². The molecular formula is C28H26ClN5O2S. The molecule has 6 rings (SSSR count). The minimum Gasteiger partial charge on any atom is -0.345 e. The molecule has 1 atom stereocenters. The fourth-order valence-corrected chi connectivity index (χ4v) is 6.99. The molecule has 2 aliphatic heterocycles. The van der Waals surface area contributed by atoms with E-state index in [-0.39, 0.29) is 30.7 Å². The van der Waals surface area contributed by atoms with E-state index in [9.17, 15) is 14.9 Å². The molecule has 7 nitrogen and oxygen atoms in total. The van der Waals surface area contributed by atoms with E-state index in [2.05, 4.69) is 33.2 Å². The number of imide groups is 1. The number of carbonyl (C=O) groups is 2. The summed E-state index contributed by atoms with van der Waals surface area (Å²) in [5.74, 6) is -0.504. The number of thiophene rings is 1. The number of hydrogen-bond acceptors (Lipinski definition) is 6. The summed E-state index contributed by atoms with van der Waals surface area (Å²) in [6, 6.07) is 12.6. The molecule has 0 unspecified atom stereocenters. The molecule has 9 heteroatoms. The Bertz CT molecular complexity index is 1590. The molecule has 2 aliphatic rings. The number of likely N-dealkylation sites (tertiary alicyclic amines) is 1. The van der Waals surface area contributed by atoms with Crippen LogP contribution in [-0.4, -0.2) is 39.4 Å². The second kappa shape index (κ2) is 9.25. The Morgan fingerprint density at radius 3 is 2.76 bits per heavy atom. The van der Waals surface area contributed by atoms with Crippen molar-refractivity contribution in [2.75, 3.05) is 13.1 Å². The van der Waals surface area contributed by atoms with Crippen molar-refractivity contribution in [3.63, 3.8) is 0 Å². The van der Waals surface area contributed by atoms with Crippen LogP contribution in [0.2, 0.25) is 5.02 Å². The van der Waals surface area contributed by atoms with Crippen LogP contribution in [0.25, 0.3) is 32.2 Å². The molecule has 2 amide bonds. The van der Waals surface area contributed by atoms with Gasteiger partial charge in [0.05, 0.1) is 33.8 Å². The van der Waals surface area contributed by atoms with Crippen LogP contribution in [0, 0.1) is 22.7 Å². The van der Waals surface area contributed by atoms with Crippen molar-refractivity contribution in [1.82, 2.24) is 19.8 Å². The Morgan fingerprint density at radius 1 is 1.22 bits per heavy atom. The zero-order valence-corrected chi connectivity index (χ0v) is 22.0. The van der Waals surface area contributed by atoms with E-state index >= 15 is 0 Å². The van der Waals surface area contributed by atoms with Gasteiger partial charge in [0, 0.05) is 57.7 Å². The second-order valence-corrected chi connectivity index (χ2v) is 11.8. The molecule has 188 valence electrons. The van der Waals surface area contributed by atoms with Crippen molar-refractivity contribution in [2.45, 2.75) is 39.3 Å². The van der Waals surface area contributed by atoms with Crippen molar-refractivity contribution in [3.05, 3.63) is 52.6 Å². The maximum absolute atomic E-state index is 12.5. The molecule has 37 heavy (non-hydrogen) atoms. The van der Waals surface area contributed by atoms with Gasteiger partial charge >= 0.3 is 0 Å². The third-order valence-electron chi connectivity index (χ3n) is 7.63. The molecule has 0 aliphatic carbocycles. The molecule has 1 aromatic carbocycles. The molecule has 3 aromatic heterocycles. The fourth-order valence-electron chi connectivity index (χ4n) is 5.63. The van der Waals surface area contributed by atoms with Gasteiger partial charge in [0.2, 0.25) is 11.8 Å². The monoisotopic (exact) mass is 531 g/mol. The number of fused-ring (bicyclic) bond motifs is 2. The number of piperidine rings is 1. The van der Waals surface area contributed by atoms with Gasteiger partial charge in [-0.05, 0) is 56.3 Å². The van der Waals surface area contributed by atoms with Gasteiger partial charge in [0.15, 0.2) is 0 Å². The summed E-state index contributed by atoms with van der Waals surface area (Å²) in [4.78, 5) is 31.7. The molecule has 0 saturated carbocycles. The van der Waals surface area contributed by atoms with Gasteiger partial charge in [-0.3, -0.25) is 19.5 Å². The lowest BCUT2D eigenvalue weighted by Gasteiger charge is -2.32. The maximum atomic E-state index is 12.5. The van der Waals surface area contributed by atoms with Crippen molar-refractivity contribution in [1.29, 1.82) is 5.26 Å². The van der Waals surface area contributed by atoms with Crippen molar-refractivity contribution >= 4 is 55.9 Å². The maximum Gasteiger partial charge on any atom is 0.232 e. The number of hydrogen-bond donors (Lipinski definition) is 1. The second-order valence-electron chi connectivity index (χ2n) is 10.2. The highest BCUT2D eigenvalue weighted by molar-refractivity contribution is 7.19. The topological polar surface area (TPSA) is 91.0 Å². The molecule has 0 bridgehead atoms. The first-order chi connectivity index (χ1) is 17.9. The summed E-state index contributed by atoms with van der Waals surface area (Å²) in [6.07, 6.45) is 5.73. The summed E-state index contributed by atoms with van der Waals surface area (Å²) in [6.45, 7) is 4.36. The van der Waals surface area contributed by atoms with E-state index in [4.69, 9.17) is 11.6 Å². The van der Waals surface area contributed by atoms with Gasteiger partial charge in [-0.2, -0.15) is 5.26 Å². The average Bonchev–Trinajstić information content (AvgIpc) is 3.56. The van der Waals surface area contributed by atoms with E-state index in [0.717, 1.165) is 63.1 Å². The Hall–Kier alpha value is -3.25. The summed E-state index contributed by atoms with van der Waals surface area (Å²) in [5.41, 5.74) is 3.43. The molecule has 5 heterocycles. The average molecular weight is 532 g/mol. The number of carbonyl (C=O) groups excluding carboxylic acids is 2. The Balaban J connectivity index is 1.44. The van der Waals surface area contributed by atoms with E-state index < -0.39 is 5.41 Å². The van der Waals surface area contributed by atoms with Crippen LogP contribution < -0.4 is 5.32 Å². The first-order valence-corrected chi connectivity index (χ1v) is 13.7. The van der Waals surface area contributed by atoms with E-state index in [0.29, 0.717) is 11.6 Å². The lowest BCUT2D eigenvalue weighted by atomic mass is 9.80. The number of nitrogens with one attached hydrogen (secondary N) is 1. The third kappa shape index (κ3) is 4.21. The number of aromatic nitrogens is 2. The summed E-state index contributed by atoms with van der Waals surface area (Å²) < 4.78 is 3.18. The highest BCUT2D eigenvalue weighted by Gasteiger charge is 2.36. The molecule has 4 aromatic rings. The Labute approximate surface area is 223 Å². The number of nitrogens with zero attached hydrogens (tertiary/aromatic N) is 4. The van der Waals surface area contributed by atoms with Crippen LogP contribution >= 0.6 is 22.9 Å². The number of amides is 2. The first-order valence-electron chi connectivity index (χ1n) is 12.5. The van der Waals surface area contributed by atoms with Crippen LogP contribution in [-0.2, 0) is 22.7 Å². The highest BCUT2D eigenvalue weighted by Crippen LogP contribution is 2.41. The highest BCUT2D eigenvalue weighted by atomic mass is 35.5. The lowest BCUT2D eigenvalue weighted by molar-refractivity contribution is -0.139. The summed E-state index contributed by atoms with van der Waals surface area (Å²) in [5, 5.41) is 15.1. The Morgan fingerprint density at radius 2 is 2.03 bits per heavy atom. The summed E-state index contributed by atoms with van der Waals surface area (Å²) >= 11 is 8.13. The minimum atomic E-state index is -0.413. The van der Waals surface area contributed by atoms with E-state index in [1.165, 1.54) is 4.90 Å². The molecule has 2 fully saturated rings. The van der Waals surface area contributed by atoms with Crippen molar-refractivity contribution in [3.8, 4) is 17.2 Å². The van der Waals surface area contributed by atoms with Crippen molar-refractivity contribution in [2.24, 2.45) is 11.3 Å². The van der Waals surface area contributed by atoms with Gasteiger partial charge in [-0.1, -0.05) is 18.5 Å². The zero-order valence-electron chi connectivity index (χ0n) is 20.5. The zero-order chi connectivity index (χ0) is 25.7. The molecule has 0 radical (unpaired) electrons. The van der Waals surface area contributed by atoms with Crippen LogP contribution in [0.1, 0.15) is 31.1 Å². The smallest absolute Gasteiger partial charge is 0.232 e. The third-order valence-corrected chi connectivity index (χ3v) is 8.99. The SMILES string of the molecule is C[C@@H]1CC(=O)N(Cc2cc3nccc(-c4cc(Cl)cc5ccn(CC6(C#N)CCNCC6)c45)c3s2)C1=O. The number of rotatable bonds is 5. The number of halogens is 1. The fraction of sp³-hybridized carbons (Fsp3) is 0.357. The molecular weight excluding hydrogens is 506 g/mol. The van der Waals surface area contributed by atoms with Crippen LogP contribution in [0.3, 0.4) is 0 Å². The normalized spacial score (nSPS) is 19.7. The van der Waals surface area contributed by atoms with Crippen LogP contribution in [0.15, 0.2) is 42.7 Å². The Kier molecular flexibility index (Phi) is 6.03. The molecule has 1 N–H and O–H groups in total. The number of nitriles is 1. The predicted octanol–water partition coefficient (Wildman–Crippen LogP) is 5.36. The minimum absolute atomic E-state index is 0.116. The largest absolute Gasteiger partial charge is 0.345 e. The van der Waals surface area contributed by atoms with Gasteiger partial charge in [-0.15, -0.1) is 11.3 Å². The number of benzene rings is 1.